The molecule has 0 amide bonds. The normalized spacial score (nSPS) is 18.9. The summed E-state index contributed by atoms with van der Waals surface area (Å²) in [4.78, 5) is 27.5. The second-order valence-electron chi connectivity index (χ2n) is 10.9. The van der Waals surface area contributed by atoms with Gasteiger partial charge in [-0.05, 0) is 54.5 Å². The summed E-state index contributed by atoms with van der Waals surface area (Å²) < 4.78 is 12.0. The van der Waals surface area contributed by atoms with Crippen molar-refractivity contribution in [1.82, 2.24) is 5.32 Å². The molecule has 40 heavy (non-hydrogen) atoms. The van der Waals surface area contributed by atoms with Gasteiger partial charge >= 0.3 is 5.97 Å². The second-order valence-corrected chi connectivity index (χ2v) is 11.3. The zero-order chi connectivity index (χ0) is 28.2. The van der Waals surface area contributed by atoms with Crippen LogP contribution in [0.3, 0.4) is 0 Å². The van der Waals surface area contributed by atoms with Gasteiger partial charge in [0, 0.05) is 34.0 Å². The van der Waals surface area contributed by atoms with Crippen LogP contribution in [0.1, 0.15) is 62.1 Å². The average Bonchev–Trinajstić information content (AvgIpc) is 2.95. The first-order chi connectivity index (χ1) is 19.3. The minimum Gasteiger partial charge on any atom is -0.489 e. The van der Waals surface area contributed by atoms with Gasteiger partial charge < -0.3 is 14.8 Å². The summed E-state index contributed by atoms with van der Waals surface area (Å²) in [5, 5.41) is 4.09. The first-order valence-electron chi connectivity index (χ1n) is 13.7. The Labute approximate surface area is 240 Å². The number of carbonyl (C=O) groups excluding carboxylic acids is 2. The van der Waals surface area contributed by atoms with Crippen LogP contribution in [0.4, 0.5) is 0 Å². The standard InChI is InChI=1S/C34H34ClNO4/c1-21(2)19-40-34(38)31-22(3)36-28-17-25(24-13-15-26(35)16-14-24)18-29(37)33(28)32(31)27-11-7-8-12-30(27)39-20-23-9-5-4-6-10-23/h4-16,21,25,32,36H,17-20H2,1-3H3/t25-,32-/m1/s1. The van der Waals surface area contributed by atoms with Crippen LogP contribution in [0.15, 0.2) is 101 Å². The predicted octanol–water partition coefficient (Wildman–Crippen LogP) is 7.48. The minimum atomic E-state index is -0.596. The number of halogens is 1. The molecule has 1 heterocycles. The van der Waals surface area contributed by atoms with Crippen LogP contribution in [0.2, 0.25) is 5.02 Å². The van der Waals surface area contributed by atoms with E-state index in [2.05, 4.69) is 5.32 Å². The molecule has 5 rings (SSSR count). The highest BCUT2D eigenvalue weighted by Gasteiger charge is 2.42. The van der Waals surface area contributed by atoms with E-state index < -0.39 is 11.9 Å². The van der Waals surface area contributed by atoms with Crippen LogP contribution in [-0.2, 0) is 20.9 Å². The number of dihydropyridines is 1. The summed E-state index contributed by atoms with van der Waals surface area (Å²) >= 11 is 6.12. The lowest BCUT2D eigenvalue weighted by molar-refractivity contribution is -0.140. The molecule has 6 heteroatoms. The molecule has 3 aromatic rings. The fourth-order valence-corrected chi connectivity index (χ4v) is 5.62. The lowest BCUT2D eigenvalue weighted by Crippen LogP contribution is -2.36. The number of rotatable bonds is 8. The quantitative estimate of drug-likeness (QED) is 0.292. The van der Waals surface area contributed by atoms with Gasteiger partial charge in [-0.15, -0.1) is 0 Å². The highest BCUT2D eigenvalue weighted by molar-refractivity contribution is 6.30. The number of benzene rings is 3. The van der Waals surface area contributed by atoms with E-state index in [1.54, 1.807) is 0 Å². The van der Waals surface area contributed by atoms with E-state index in [9.17, 15) is 9.59 Å². The van der Waals surface area contributed by atoms with Crippen molar-refractivity contribution < 1.29 is 19.1 Å². The monoisotopic (exact) mass is 555 g/mol. The molecule has 0 bridgehead atoms. The lowest BCUT2D eigenvalue weighted by Gasteiger charge is -2.37. The Kier molecular flexibility index (Phi) is 8.41. The van der Waals surface area contributed by atoms with Crippen LogP contribution in [0.25, 0.3) is 0 Å². The summed E-state index contributed by atoms with van der Waals surface area (Å²) in [6.45, 7) is 6.55. The molecular formula is C34H34ClNO4. The van der Waals surface area contributed by atoms with Crippen LogP contribution in [-0.4, -0.2) is 18.4 Å². The van der Waals surface area contributed by atoms with E-state index in [1.807, 2.05) is 99.6 Å². The molecule has 0 saturated carbocycles. The number of hydrogen-bond acceptors (Lipinski definition) is 5. The number of nitrogens with one attached hydrogen (secondary N) is 1. The largest absolute Gasteiger partial charge is 0.489 e. The molecule has 206 valence electrons. The van der Waals surface area contributed by atoms with Gasteiger partial charge in [0.05, 0.1) is 18.1 Å². The predicted molar refractivity (Wildman–Crippen MR) is 157 cm³/mol. The molecular weight excluding hydrogens is 522 g/mol. The van der Waals surface area contributed by atoms with Crippen molar-refractivity contribution in [2.45, 2.75) is 52.1 Å². The molecule has 0 unspecified atom stereocenters. The highest BCUT2D eigenvalue weighted by Crippen LogP contribution is 2.47. The summed E-state index contributed by atoms with van der Waals surface area (Å²) in [5.41, 5.74) is 5.48. The van der Waals surface area contributed by atoms with Gasteiger partial charge in [-0.25, -0.2) is 4.79 Å². The van der Waals surface area contributed by atoms with Gasteiger partial charge in [0.15, 0.2) is 5.78 Å². The van der Waals surface area contributed by atoms with Crippen LogP contribution >= 0.6 is 11.6 Å². The Bertz CT molecular complexity index is 1460. The van der Waals surface area contributed by atoms with Gasteiger partial charge in [-0.2, -0.15) is 0 Å². The Morgan fingerprint density at radius 2 is 1.68 bits per heavy atom. The second kappa shape index (κ2) is 12.1. The molecule has 3 aromatic carbocycles. The first kappa shape index (κ1) is 27.7. The maximum Gasteiger partial charge on any atom is 0.336 e. The van der Waals surface area contributed by atoms with Crippen molar-refractivity contribution in [3.63, 3.8) is 0 Å². The number of para-hydroxylation sites is 1. The molecule has 0 spiro atoms. The fourth-order valence-electron chi connectivity index (χ4n) is 5.50. The molecule has 0 saturated heterocycles. The van der Waals surface area contributed by atoms with Gasteiger partial charge in [0.25, 0.3) is 0 Å². The summed E-state index contributed by atoms with van der Waals surface area (Å²) in [5.74, 6) is -0.156. The van der Waals surface area contributed by atoms with E-state index >= 15 is 0 Å². The third kappa shape index (κ3) is 6.00. The molecule has 2 aliphatic rings. The number of esters is 1. The van der Waals surface area contributed by atoms with Gasteiger partial charge in [-0.1, -0.05) is 86.1 Å². The van der Waals surface area contributed by atoms with E-state index in [1.165, 1.54) is 0 Å². The van der Waals surface area contributed by atoms with Crippen molar-refractivity contribution in [1.29, 1.82) is 0 Å². The number of ether oxygens (including phenoxy) is 2. The van der Waals surface area contributed by atoms with Gasteiger partial charge in [0.2, 0.25) is 0 Å². The van der Waals surface area contributed by atoms with Gasteiger partial charge in [-0.3, -0.25) is 4.79 Å². The highest BCUT2D eigenvalue weighted by atomic mass is 35.5. The summed E-state index contributed by atoms with van der Waals surface area (Å²) in [6.07, 6.45) is 0.997. The van der Waals surface area contributed by atoms with E-state index in [-0.39, 0.29) is 17.6 Å². The number of allylic oxidation sites excluding steroid dienone is 3. The molecule has 1 aliphatic heterocycles. The number of carbonyl (C=O) groups is 2. The van der Waals surface area contributed by atoms with Crippen LogP contribution < -0.4 is 10.1 Å². The maximum absolute atomic E-state index is 14.0. The zero-order valence-electron chi connectivity index (χ0n) is 23.1. The molecule has 0 fully saturated rings. The smallest absolute Gasteiger partial charge is 0.336 e. The number of Topliss-reactive ketones (excluding diaryl/α,β-unsaturated/α-hetero) is 1. The Hall–Kier alpha value is -3.83. The van der Waals surface area contributed by atoms with Crippen molar-refractivity contribution in [2.24, 2.45) is 5.92 Å². The molecule has 1 aliphatic carbocycles. The third-order valence-corrected chi connectivity index (χ3v) is 7.66. The zero-order valence-corrected chi connectivity index (χ0v) is 23.8. The molecule has 2 atom stereocenters. The van der Waals surface area contributed by atoms with Crippen molar-refractivity contribution in [2.75, 3.05) is 6.61 Å². The molecule has 1 N–H and O–H groups in total. The summed E-state index contributed by atoms with van der Waals surface area (Å²) in [7, 11) is 0. The molecule has 0 aromatic heterocycles. The maximum atomic E-state index is 14.0. The lowest BCUT2D eigenvalue weighted by atomic mass is 9.71. The number of hydrogen-bond donors (Lipinski definition) is 1. The Morgan fingerprint density at radius 1 is 0.975 bits per heavy atom. The van der Waals surface area contributed by atoms with Crippen LogP contribution in [0, 0.1) is 5.92 Å². The van der Waals surface area contributed by atoms with Gasteiger partial charge in [0.1, 0.15) is 12.4 Å². The average molecular weight is 556 g/mol. The first-order valence-corrected chi connectivity index (χ1v) is 14.1. The van der Waals surface area contributed by atoms with Crippen molar-refractivity contribution >= 4 is 23.4 Å². The van der Waals surface area contributed by atoms with E-state index in [4.69, 9.17) is 21.1 Å². The van der Waals surface area contributed by atoms with Crippen molar-refractivity contribution in [3.8, 4) is 5.75 Å². The minimum absolute atomic E-state index is 0.0122. The number of ketones is 1. The van der Waals surface area contributed by atoms with E-state index in [0.717, 1.165) is 22.4 Å². The fraction of sp³-hybridized carbons (Fsp3) is 0.294. The molecule has 5 nitrogen and oxygen atoms in total. The topological polar surface area (TPSA) is 64.6 Å². The van der Waals surface area contributed by atoms with Crippen molar-refractivity contribution in [3.05, 3.63) is 123 Å². The molecule has 0 radical (unpaired) electrons. The third-order valence-electron chi connectivity index (χ3n) is 7.40. The Morgan fingerprint density at radius 3 is 2.40 bits per heavy atom. The Balaban J connectivity index is 1.56. The summed E-state index contributed by atoms with van der Waals surface area (Å²) in [6, 6.07) is 25.3. The van der Waals surface area contributed by atoms with Crippen LogP contribution in [0.5, 0.6) is 5.75 Å². The SMILES string of the molecule is CC1=C(C(=O)OCC(C)C)[C@@H](c2ccccc2OCc2ccccc2)C2=C(C[C@@H](c3ccc(Cl)cc3)CC2=O)N1. The van der Waals surface area contributed by atoms with E-state index in [0.29, 0.717) is 53.7 Å².